The highest BCUT2D eigenvalue weighted by Crippen LogP contribution is 2.31. The first-order valence-corrected chi connectivity index (χ1v) is 13.9. The van der Waals surface area contributed by atoms with E-state index in [0.29, 0.717) is 18.7 Å². The van der Waals surface area contributed by atoms with Crippen molar-refractivity contribution in [2.75, 3.05) is 4.90 Å². The minimum absolute atomic E-state index is 0.412. The van der Waals surface area contributed by atoms with Crippen LogP contribution in [-0.2, 0) is 17.9 Å². The van der Waals surface area contributed by atoms with E-state index in [-0.39, 0.29) is 0 Å². The van der Waals surface area contributed by atoms with Crippen LogP contribution < -0.4 is 10.2 Å². The molecule has 1 unspecified atom stereocenters. The van der Waals surface area contributed by atoms with Gasteiger partial charge in [0.2, 0.25) is 0 Å². The Bertz CT molecular complexity index is 1570. The van der Waals surface area contributed by atoms with Gasteiger partial charge in [-0.15, -0.1) is 11.3 Å². The van der Waals surface area contributed by atoms with E-state index in [1.165, 1.54) is 23.6 Å². The number of carboxylic acids is 1. The third-order valence-electron chi connectivity index (χ3n) is 6.57. The fourth-order valence-electron chi connectivity index (χ4n) is 4.32. The van der Waals surface area contributed by atoms with Crippen molar-refractivity contribution in [3.05, 3.63) is 131 Å². The SMILES string of the molecule is CC(NC(=O)c1ccc(CN(Cc2ccccc2)c2nc(-c3ccc(-c4ccccc4)cc3)cs2)cc1)C(=O)O. The Morgan fingerprint density at radius 1 is 0.775 bits per heavy atom. The van der Waals surface area contributed by atoms with Crippen LogP contribution in [0, 0.1) is 0 Å². The number of nitrogens with one attached hydrogen (secondary N) is 1. The van der Waals surface area contributed by atoms with Gasteiger partial charge in [-0.25, -0.2) is 4.98 Å². The van der Waals surface area contributed by atoms with Gasteiger partial charge in [0, 0.05) is 29.6 Å². The molecule has 0 aliphatic heterocycles. The molecule has 2 N–H and O–H groups in total. The summed E-state index contributed by atoms with van der Waals surface area (Å²) in [6.45, 7) is 2.72. The Morgan fingerprint density at radius 3 is 1.95 bits per heavy atom. The van der Waals surface area contributed by atoms with Gasteiger partial charge in [0.1, 0.15) is 6.04 Å². The molecule has 0 spiro atoms. The lowest BCUT2D eigenvalue weighted by Crippen LogP contribution is -2.38. The molecule has 1 amide bonds. The van der Waals surface area contributed by atoms with Gasteiger partial charge in [-0.2, -0.15) is 0 Å². The number of anilines is 1. The number of hydrogen-bond acceptors (Lipinski definition) is 5. The van der Waals surface area contributed by atoms with Crippen LogP contribution in [-0.4, -0.2) is 28.0 Å². The first kappa shape index (κ1) is 26.8. The molecule has 5 rings (SSSR count). The maximum Gasteiger partial charge on any atom is 0.325 e. The van der Waals surface area contributed by atoms with Gasteiger partial charge >= 0.3 is 5.97 Å². The van der Waals surface area contributed by atoms with Crippen LogP contribution in [0.5, 0.6) is 0 Å². The summed E-state index contributed by atoms with van der Waals surface area (Å²) in [6, 6.07) is 35.3. The van der Waals surface area contributed by atoms with Crippen LogP contribution in [0.25, 0.3) is 22.4 Å². The second-order valence-electron chi connectivity index (χ2n) is 9.53. The van der Waals surface area contributed by atoms with E-state index in [9.17, 15) is 9.59 Å². The van der Waals surface area contributed by atoms with Crippen LogP contribution in [0.15, 0.2) is 115 Å². The number of carboxylic acid groups (broad SMARTS) is 1. The molecule has 1 heterocycles. The Kier molecular flexibility index (Phi) is 8.32. The predicted molar refractivity (Wildman–Crippen MR) is 160 cm³/mol. The molecule has 7 heteroatoms. The van der Waals surface area contributed by atoms with Crippen molar-refractivity contribution < 1.29 is 14.7 Å². The molecule has 0 bridgehead atoms. The highest BCUT2D eigenvalue weighted by molar-refractivity contribution is 7.14. The quantitative estimate of drug-likeness (QED) is 0.199. The Balaban J connectivity index is 1.35. The van der Waals surface area contributed by atoms with Crippen molar-refractivity contribution in [1.82, 2.24) is 10.3 Å². The number of hydrogen-bond donors (Lipinski definition) is 2. The lowest BCUT2D eigenvalue weighted by Gasteiger charge is -2.22. The highest BCUT2D eigenvalue weighted by atomic mass is 32.1. The van der Waals surface area contributed by atoms with Crippen molar-refractivity contribution in [3.63, 3.8) is 0 Å². The summed E-state index contributed by atoms with van der Waals surface area (Å²) in [5.41, 5.74) is 6.95. The summed E-state index contributed by atoms with van der Waals surface area (Å²) < 4.78 is 0. The largest absolute Gasteiger partial charge is 0.480 e. The Labute approximate surface area is 237 Å². The first-order chi connectivity index (χ1) is 19.5. The molecule has 0 fully saturated rings. The minimum atomic E-state index is -1.07. The van der Waals surface area contributed by atoms with Crippen molar-refractivity contribution in [3.8, 4) is 22.4 Å². The summed E-state index contributed by atoms with van der Waals surface area (Å²) in [5.74, 6) is -1.48. The molecular formula is C33H29N3O3S. The average molecular weight is 548 g/mol. The van der Waals surface area contributed by atoms with Crippen LogP contribution >= 0.6 is 11.3 Å². The van der Waals surface area contributed by atoms with Gasteiger partial charge in [-0.05, 0) is 41.3 Å². The van der Waals surface area contributed by atoms with Crippen LogP contribution in [0.4, 0.5) is 5.13 Å². The second kappa shape index (κ2) is 12.4. The summed E-state index contributed by atoms with van der Waals surface area (Å²) in [6.07, 6.45) is 0. The van der Waals surface area contributed by atoms with E-state index in [2.05, 4.69) is 64.1 Å². The molecule has 0 saturated carbocycles. The zero-order chi connectivity index (χ0) is 27.9. The molecule has 1 atom stereocenters. The number of amides is 1. The molecule has 5 aromatic rings. The molecular weight excluding hydrogens is 518 g/mol. The Hall–Kier alpha value is -4.75. The third-order valence-corrected chi connectivity index (χ3v) is 7.48. The molecule has 200 valence electrons. The fraction of sp³-hybridized carbons (Fsp3) is 0.121. The number of rotatable bonds is 10. The van der Waals surface area contributed by atoms with Crippen LogP contribution in [0.3, 0.4) is 0 Å². The van der Waals surface area contributed by atoms with Crippen molar-refractivity contribution in [2.45, 2.75) is 26.1 Å². The first-order valence-electron chi connectivity index (χ1n) is 13.0. The zero-order valence-corrected chi connectivity index (χ0v) is 22.8. The summed E-state index contributed by atoms with van der Waals surface area (Å²) in [4.78, 5) is 30.7. The van der Waals surface area contributed by atoms with E-state index < -0.39 is 17.9 Å². The maximum absolute atomic E-state index is 12.4. The van der Waals surface area contributed by atoms with E-state index in [1.807, 2.05) is 48.5 Å². The van der Waals surface area contributed by atoms with E-state index in [1.54, 1.807) is 23.5 Å². The lowest BCUT2D eigenvalue weighted by atomic mass is 10.0. The fourth-order valence-corrected chi connectivity index (χ4v) is 5.16. The lowest BCUT2D eigenvalue weighted by molar-refractivity contribution is -0.138. The number of carbonyl (C=O) groups is 2. The molecule has 0 aliphatic carbocycles. The smallest absolute Gasteiger partial charge is 0.325 e. The standard InChI is InChI=1S/C33H29N3O3S/c1-23(32(38)39)34-31(37)29-14-12-25(13-15-29)21-36(20-24-8-4-2-5-9-24)33-35-30(22-40-33)28-18-16-27(17-19-28)26-10-6-3-7-11-26/h2-19,22-23H,20-21H2,1H3,(H,34,37)(H,38,39). The summed E-state index contributed by atoms with van der Waals surface area (Å²) in [7, 11) is 0. The number of benzene rings is 4. The molecule has 0 aliphatic rings. The maximum atomic E-state index is 12.4. The number of thiazole rings is 1. The van der Waals surface area contributed by atoms with Crippen LogP contribution in [0.1, 0.15) is 28.4 Å². The second-order valence-corrected chi connectivity index (χ2v) is 10.4. The van der Waals surface area contributed by atoms with E-state index >= 15 is 0 Å². The Morgan fingerprint density at radius 2 is 1.32 bits per heavy atom. The zero-order valence-electron chi connectivity index (χ0n) is 22.0. The number of nitrogens with zero attached hydrogens (tertiary/aromatic N) is 2. The number of aliphatic carboxylic acids is 1. The van der Waals surface area contributed by atoms with E-state index in [4.69, 9.17) is 10.1 Å². The monoisotopic (exact) mass is 547 g/mol. The van der Waals surface area contributed by atoms with Gasteiger partial charge < -0.3 is 15.3 Å². The third kappa shape index (κ3) is 6.62. The molecule has 0 saturated heterocycles. The molecule has 4 aromatic carbocycles. The predicted octanol–water partition coefficient (Wildman–Crippen LogP) is 6.89. The average Bonchev–Trinajstić information content (AvgIpc) is 3.49. The number of carbonyl (C=O) groups excluding carboxylic acids is 1. The molecule has 0 radical (unpaired) electrons. The van der Waals surface area contributed by atoms with E-state index in [0.717, 1.165) is 22.0 Å². The summed E-state index contributed by atoms with van der Waals surface area (Å²) in [5, 5.41) is 14.5. The van der Waals surface area contributed by atoms with Crippen molar-refractivity contribution in [2.24, 2.45) is 0 Å². The highest BCUT2D eigenvalue weighted by Gasteiger charge is 2.17. The van der Waals surface area contributed by atoms with Gasteiger partial charge in [-0.1, -0.05) is 97.1 Å². The summed E-state index contributed by atoms with van der Waals surface area (Å²) >= 11 is 1.60. The molecule has 6 nitrogen and oxygen atoms in total. The topological polar surface area (TPSA) is 82.5 Å². The molecule has 40 heavy (non-hydrogen) atoms. The van der Waals surface area contributed by atoms with Gasteiger partial charge in [0.15, 0.2) is 5.13 Å². The minimum Gasteiger partial charge on any atom is -0.480 e. The van der Waals surface area contributed by atoms with Gasteiger partial charge in [-0.3, -0.25) is 9.59 Å². The van der Waals surface area contributed by atoms with Gasteiger partial charge in [0.05, 0.1) is 5.69 Å². The van der Waals surface area contributed by atoms with Crippen molar-refractivity contribution in [1.29, 1.82) is 0 Å². The number of aromatic nitrogens is 1. The van der Waals surface area contributed by atoms with Crippen molar-refractivity contribution >= 4 is 28.3 Å². The molecule has 1 aromatic heterocycles. The van der Waals surface area contributed by atoms with Crippen LogP contribution in [0.2, 0.25) is 0 Å². The normalized spacial score (nSPS) is 11.5. The van der Waals surface area contributed by atoms with Gasteiger partial charge in [0.25, 0.3) is 5.91 Å².